The molecule has 3 nitrogen and oxygen atoms in total. The van der Waals surface area contributed by atoms with Crippen LogP contribution >= 0.6 is 0 Å². The summed E-state index contributed by atoms with van der Waals surface area (Å²) in [5.74, 6) is 0.128. The van der Waals surface area contributed by atoms with Gasteiger partial charge < -0.3 is 9.47 Å². The molecule has 1 rings (SSSR count). The number of carbonyl (C=O) groups excluding carboxylic acids is 1. The maximum Gasteiger partial charge on any atom is 0.389 e. The number of hydrogen-bond donors (Lipinski definition) is 0. The Morgan fingerprint density at radius 2 is 2.00 bits per heavy atom. The molecule has 1 aromatic carbocycles. The number of Topliss-reactive ketones (excluding diaryl/α,β-unsaturated/α-hetero) is 1. The Balaban J connectivity index is 2.44. The molecule has 0 fully saturated rings. The molecule has 0 saturated carbocycles. The van der Waals surface area contributed by atoms with Gasteiger partial charge in [0.05, 0.1) is 12.7 Å². The van der Waals surface area contributed by atoms with Gasteiger partial charge in [0, 0.05) is 13.0 Å². The predicted octanol–water partition coefficient (Wildman–Crippen LogP) is 3.55. The minimum absolute atomic E-state index is 0.0978. The van der Waals surface area contributed by atoms with Gasteiger partial charge in [-0.3, -0.25) is 4.79 Å². The van der Waals surface area contributed by atoms with E-state index in [-0.39, 0.29) is 25.4 Å². The molecule has 0 amide bonds. The van der Waals surface area contributed by atoms with Gasteiger partial charge in [0.25, 0.3) is 0 Å². The summed E-state index contributed by atoms with van der Waals surface area (Å²) < 4.78 is 45.8. The monoisotopic (exact) mass is 290 g/mol. The van der Waals surface area contributed by atoms with Crippen LogP contribution in [-0.2, 0) is 4.74 Å². The Kier molecular flexibility index (Phi) is 6.01. The first-order chi connectivity index (χ1) is 9.33. The fraction of sp³-hybridized carbons (Fsp3) is 0.500. The second-order valence-electron chi connectivity index (χ2n) is 4.40. The maximum atomic E-state index is 11.9. The molecule has 0 bridgehead atoms. The van der Waals surface area contributed by atoms with Gasteiger partial charge in [-0.2, -0.15) is 13.2 Å². The molecule has 0 unspecified atom stereocenters. The summed E-state index contributed by atoms with van der Waals surface area (Å²) in [7, 11) is 1.45. The second kappa shape index (κ2) is 7.28. The average molecular weight is 290 g/mol. The molecule has 0 aliphatic heterocycles. The highest BCUT2D eigenvalue weighted by Gasteiger charge is 2.26. The van der Waals surface area contributed by atoms with Gasteiger partial charge in [-0.05, 0) is 31.0 Å². The van der Waals surface area contributed by atoms with Crippen LogP contribution in [0.4, 0.5) is 13.2 Å². The van der Waals surface area contributed by atoms with E-state index >= 15 is 0 Å². The minimum Gasteiger partial charge on any atom is -0.496 e. The smallest absolute Gasteiger partial charge is 0.389 e. The number of ketones is 1. The Bertz CT molecular complexity index is 455. The van der Waals surface area contributed by atoms with E-state index in [1.807, 2.05) is 6.92 Å². The molecule has 0 radical (unpaired) electrons. The van der Waals surface area contributed by atoms with Gasteiger partial charge >= 0.3 is 6.18 Å². The third-order valence-corrected chi connectivity index (χ3v) is 2.64. The van der Waals surface area contributed by atoms with Crippen LogP contribution in [0.25, 0.3) is 0 Å². The van der Waals surface area contributed by atoms with Gasteiger partial charge in [-0.25, -0.2) is 0 Å². The van der Waals surface area contributed by atoms with Crippen molar-refractivity contribution in [3.05, 3.63) is 29.3 Å². The first-order valence-corrected chi connectivity index (χ1v) is 6.16. The van der Waals surface area contributed by atoms with Gasteiger partial charge in [0.1, 0.15) is 12.4 Å². The van der Waals surface area contributed by atoms with E-state index in [2.05, 4.69) is 0 Å². The lowest BCUT2D eigenvalue weighted by Crippen LogP contribution is -2.13. The Labute approximate surface area is 115 Å². The first-order valence-electron chi connectivity index (χ1n) is 6.16. The third-order valence-electron chi connectivity index (χ3n) is 2.64. The van der Waals surface area contributed by atoms with Crippen LogP contribution in [0.5, 0.6) is 5.75 Å². The Hall–Kier alpha value is -1.56. The van der Waals surface area contributed by atoms with Crippen molar-refractivity contribution in [3.8, 4) is 5.75 Å². The zero-order chi connectivity index (χ0) is 15.2. The summed E-state index contributed by atoms with van der Waals surface area (Å²) in [5.41, 5.74) is 1.32. The molecule has 0 N–H and O–H groups in total. The lowest BCUT2D eigenvalue weighted by molar-refractivity contribution is -0.137. The molecule has 112 valence electrons. The van der Waals surface area contributed by atoms with E-state index in [0.717, 1.165) is 5.56 Å². The summed E-state index contributed by atoms with van der Waals surface area (Å²) in [5, 5.41) is 0. The van der Waals surface area contributed by atoms with Gasteiger partial charge in [0.15, 0.2) is 5.78 Å². The fourth-order valence-electron chi connectivity index (χ4n) is 1.65. The van der Waals surface area contributed by atoms with Gasteiger partial charge in [-0.1, -0.05) is 6.07 Å². The van der Waals surface area contributed by atoms with Crippen LogP contribution < -0.4 is 4.74 Å². The lowest BCUT2D eigenvalue weighted by atomic mass is 10.1. The fourth-order valence-corrected chi connectivity index (χ4v) is 1.65. The first kappa shape index (κ1) is 16.5. The number of alkyl halides is 3. The average Bonchev–Trinajstić information content (AvgIpc) is 2.36. The summed E-state index contributed by atoms with van der Waals surface area (Å²) in [6.45, 7) is 1.51. The number of carbonyl (C=O) groups is 1. The number of halogens is 3. The van der Waals surface area contributed by atoms with Crippen molar-refractivity contribution in [1.29, 1.82) is 0 Å². The summed E-state index contributed by atoms with van der Waals surface area (Å²) >= 11 is 0. The highest BCUT2D eigenvalue weighted by atomic mass is 19.4. The SMILES string of the molecule is COc1cc(C)ccc1C(=O)COCCCC(F)(F)F. The van der Waals surface area contributed by atoms with E-state index in [1.54, 1.807) is 18.2 Å². The van der Waals surface area contributed by atoms with Gasteiger partial charge in [0.2, 0.25) is 0 Å². The van der Waals surface area contributed by atoms with E-state index in [9.17, 15) is 18.0 Å². The van der Waals surface area contributed by atoms with Crippen LogP contribution in [0.3, 0.4) is 0 Å². The molecule has 20 heavy (non-hydrogen) atoms. The lowest BCUT2D eigenvalue weighted by Gasteiger charge is -2.09. The largest absolute Gasteiger partial charge is 0.496 e. The van der Waals surface area contributed by atoms with Crippen molar-refractivity contribution in [2.24, 2.45) is 0 Å². The van der Waals surface area contributed by atoms with Crippen molar-refractivity contribution in [3.63, 3.8) is 0 Å². The van der Waals surface area contributed by atoms with Crippen LogP contribution in [-0.4, -0.2) is 32.3 Å². The molecule has 0 aromatic heterocycles. The number of methoxy groups -OCH3 is 1. The molecule has 0 aliphatic rings. The summed E-state index contributed by atoms with van der Waals surface area (Å²) in [6.07, 6.45) is -5.25. The van der Waals surface area contributed by atoms with E-state index in [4.69, 9.17) is 9.47 Å². The number of aryl methyl sites for hydroxylation is 1. The van der Waals surface area contributed by atoms with Crippen molar-refractivity contribution < 1.29 is 27.4 Å². The Morgan fingerprint density at radius 1 is 1.30 bits per heavy atom. The molecule has 1 aromatic rings. The number of hydrogen-bond acceptors (Lipinski definition) is 3. The third kappa shape index (κ3) is 5.61. The topological polar surface area (TPSA) is 35.5 Å². The highest BCUT2D eigenvalue weighted by molar-refractivity contribution is 5.99. The highest BCUT2D eigenvalue weighted by Crippen LogP contribution is 2.22. The van der Waals surface area contributed by atoms with Crippen LogP contribution in [0.2, 0.25) is 0 Å². The second-order valence-corrected chi connectivity index (χ2v) is 4.40. The molecule has 0 spiro atoms. The van der Waals surface area contributed by atoms with Crippen LogP contribution in [0.15, 0.2) is 18.2 Å². The molecule has 0 saturated heterocycles. The molecular weight excluding hydrogens is 273 g/mol. The normalized spacial score (nSPS) is 11.4. The van der Waals surface area contributed by atoms with Crippen molar-refractivity contribution in [2.75, 3.05) is 20.3 Å². The van der Waals surface area contributed by atoms with Crippen LogP contribution in [0, 0.1) is 6.92 Å². The van der Waals surface area contributed by atoms with Crippen molar-refractivity contribution in [1.82, 2.24) is 0 Å². The Morgan fingerprint density at radius 3 is 2.60 bits per heavy atom. The van der Waals surface area contributed by atoms with E-state index in [0.29, 0.717) is 11.3 Å². The molecule has 0 heterocycles. The maximum absolute atomic E-state index is 11.9. The summed E-state index contributed by atoms with van der Waals surface area (Å²) in [6, 6.07) is 5.10. The molecular formula is C14H17F3O3. The van der Waals surface area contributed by atoms with Crippen LogP contribution in [0.1, 0.15) is 28.8 Å². The number of rotatable bonds is 7. The van der Waals surface area contributed by atoms with E-state index < -0.39 is 12.6 Å². The summed E-state index contributed by atoms with van der Waals surface area (Å²) in [4.78, 5) is 11.9. The predicted molar refractivity (Wildman–Crippen MR) is 68.2 cm³/mol. The number of ether oxygens (including phenoxy) is 2. The van der Waals surface area contributed by atoms with E-state index in [1.165, 1.54) is 7.11 Å². The standard InChI is InChI=1S/C14H17F3O3/c1-10-4-5-11(13(8-10)19-2)12(18)9-20-7-3-6-14(15,16)17/h4-5,8H,3,6-7,9H2,1-2H3. The zero-order valence-corrected chi connectivity index (χ0v) is 11.4. The molecule has 0 aliphatic carbocycles. The number of benzene rings is 1. The molecule has 0 atom stereocenters. The van der Waals surface area contributed by atoms with Crippen molar-refractivity contribution in [2.45, 2.75) is 25.9 Å². The van der Waals surface area contributed by atoms with Crippen molar-refractivity contribution >= 4 is 5.78 Å². The quantitative estimate of drug-likeness (QED) is 0.569. The minimum atomic E-state index is -4.19. The van der Waals surface area contributed by atoms with Gasteiger partial charge in [-0.15, -0.1) is 0 Å². The zero-order valence-electron chi connectivity index (χ0n) is 11.4. The molecule has 6 heteroatoms.